The first-order chi connectivity index (χ1) is 12.1. The molecule has 5 nitrogen and oxygen atoms in total. The second kappa shape index (κ2) is 9.59. The Labute approximate surface area is 148 Å². The van der Waals surface area contributed by atoms with Crippen LogP contribution >= 0.6 is 0 Å². The molecule has 0 aliphatic heterocycles. The van der Waals surface area contributed by atoms with Gasteiger partial charge >= 0.3 is 5.97 Å². The van der Waals surface area contributed by atoms with Crippen molar-refractivity contribution in [2.75, 3.05) is 18.5 Å². The zero-order chi connectivity index (χ0) is 18.1. The summed E-state index contributed by atoms with van der Waals surface area (Å²) in [5, 5.41) is 2.75. The second-order valence-electron chi connectivity index (χ2n) is 5.81. The fourth-order valence-electron chi connectivity index (χ4n) is 2.55. The minimum atomic E-state index is -0.228. The predicted octanol–water partition coefficient (Wildman–Crippen LogP) is 3.21. The van der Waals surface area contributed by atoms with Crippen LogP contribution in [0.25, 0.3) is 0 Å². The standard InChI is InChI=1S/C20H24N2O3/c1-3-25-20(24)15-22(13-17-7-5-4-6-8-17)14-18-9-11-19(12-10-18)21-16(2)23/h4-12H,3,13-15H2,1-2H3,(H,21,23). The number of nitrogens with zero attached hydrogens (tertiary/aromatic N) is 1. The summed E-state index contributed by atoms with van der Waals surface area (Å²) in [5.41, 5.74) is 2.97. The summed E-state index contributed by atoms with van der Waals surface area (Å²) in [4.78, 5) is 25.0. The van der Waals surface area contributed by atoms with E-state index in [1.54, 1.807) is 6.92 Å². The van der Waals surface area contributed by atoms with Gasteiger partial charge in [-0.05, 0) is 30.2 Å². The van der Waals surface area contributed by atoms with Gasteiger partial charge in [-0.2, -0.15) is 0 Å². The second-order valence-corrected chi connectivity index (χ2v) is 5.81. The molecule has 2 rings (SSSR count). The molecule has 1 N–H and O–H groups in total. The number of ether oxygens (including phenoxy) is 1. The fraction of sp³-hybridized carbons (Fsp3) is 0.300. The summed E-state index contributed by atoms with van der Waals surface area (Å²) in [5.74, 6) is -0.325. The average molecular weight is 340 g/mol. The molecule has 0 fully saturated rings. The van der Waals surface area contributed by atoms with Crippen molar-refractivity contribution in [2.45, 2.75) is 26.9 Å². The van der Waals surface area contributed by atoms with Gasteiger partial charge in [-0.15, -0.1) is 0 Å². The van der Waals surface area contributed by atoms with Gasteiger partial charge in [0.05, 0.1) is 13.2 Å². The van der Waals surface area contributed by atoms with E-state index in [0.717, 1.165) is 16.8 Å². The minimum absolute atomic E-state index is 0.0965. The molecule has 0 aliphatic carbocycles. The van der Waals surface area contributed by atoms with Gasteiger partial charge < -0.3 is 10.1 Å². The first kappa shape index (κ1) is 18.7. The zero-order valence-corrected chi connectivity index (χ0v) is 14.7. The highest BCUT2D eigenvalue weighted by atomic mass is 16.5. The number of amides is 1. The van der Waals surface area contributed by atoms with Crippen LogP contribution in [0.15, 0.2) is 54.6 Å². The van der Waals surface area contributed by atoms with E-state index >= 15 is 0 Å². The van der Waals surface area contributed by atoms with Gasteiger partial charge in [-0.1, -0.05) is 42.5 Å². The number of carbonyl (C=O) groups excluding carboxylic acids is 2. The molecular formula is C20H24N2O3. The van der Waals surface area contributed by atoms with Crippen LogP contribution < -0.4 is 5.32 Å². The van der Waals surface area contributed by atoms with E-state index in [2.05, 4.69) is 5.32 Å². The molecule has 1 amide bonds. The summed E-state index contributed by atoms with van der Waals surface area (Å²) in [6, 6.07) is 17.7. The quantitative estimate of drug-likeness (QED) is 0.750. The molecule has 0 bridgehead atoms. The van der Waals surface area contributed by atoms with E-state index in [4.69, 9.17) is 4.74 Å². The lowest BCUT2D eigenvalue weighted by Gasteiger charge is -2.21. The van der Waals surface area contributed by atoms with Crippen LogP contribution in [-0.2, 0) is 27.4 Å². The van der Waals surface area contributed by atoms with E-state index in [0.29, 0.717) is 19.7 Å². The van der Waals surface area contributed by atoms with Gasteiger partial charge in [-0.3, -0.25) is 14.5 Å². The SMILES string of the molecule is CCOC(=O)CN(Cc1ccccc1)Cc1ccc(NC(C)=O)cc1. The molecule has 0 spiro atoms. The lowest BCUT2D eigenvalue weighted by atomic mass is 10.1. The largest absolute Gasteiger partial charge is 0.465 e. The van der Waals surface area contributed by atoms with Gasteiger partial charge in [0.15, 0.2) is 0 Å². The normalized spacial score (nSPS) is 10.5. The molecule has 0 atom stereocenters. The molecule has 2 aromatic carbocycles. The monoisotopic (exact) mass is 340 g/mol. The van der Waals surface area contributed by atoms with Crippen molar-refractivity contribution < 1.29 is 14.3 Å². The topological polar surface area (TPSA) is 58.6 Å². The Hall–Kier alpha value is -2.66. The van der Waals surface area contributed by atoms with Crippen LogP contribution in [0, 0.1) is 0 Å². The van der Waals surface area contributed by atoms with Crippen LogP contribution in [0.2, 0.25) is 0 Å². The Balaban J connectivity index is 2.06. The highest BCUT2D eigenvalue weighted by Crippen LogP contribution is 2.14. The van der Waals surface area contributed by atoms with Crippen LogP contribution in [0.5, 0.6) is 0 Å². The van der Waals surface area contributed by atoms with Crippen molar-refractivity contribution in [2.24, 2.45) is 0 Å². The van der Waals surface area contributed by atoms with E-state index < -0.39 is 0 Å². The van der Waals surface area contributed by atoms with Gasteiger partial charge in [0, 0.05) is 25.7 Å². The highest BCUT2D eigenvalue weighted by molar-refractivity contribution is 5.88. The van der Waals surface area contributed by atoms with E-state index in [1.165, 1.54) is 6.92 Å². The molecule has 5 heteroatoms. The summed E-state index contributed by atoms with van der Waals surface area (Å²) < 4.78 is 5.08. The molecule has 2 aromatic rings. The molecule has 0 aromatic heterocycles. The van der Waals surface area contributed by atoms with Crippen molar-refractivity contribution in [1.82, 2.24) is 4.90 Å². The van der Waals surface area contributed by atoms with Gasteiger partial charge in [-0.25, -0.2) is 0 Å². The molecule has 0 saturated heterocycles. The smallest absolute Gasteiger partial charge is 0.320 e. The number of esters is 1. The summed E-state index contributed by atoms with van der Waals surface area (Å²) >= 11 is 0. The molecule has 0 aliphatic rings. The van der Waals surface area contributed by atoms with Crippen molar-refractivity contribution in [3.05, 3.63) is 65.7 Å². The third-order valence-electron chi connectivity index (χ3n) is 3.59. The average Bonchev–Trinajstić information content (AvgIpc) is 2.57. The Morgan fingerprint density at radius 2 is 1.56 bits per heavy atom. The number of benzene rings is 2. The Bertz CT molecular complexity index is 684. The summed E-state index contributed by atoms with van der Waals surface area (Å²) in [6.45, 7) is 5.18. The number of nitrogens with one attached hydrogen (secondary N) is 1. The minimum Gasteiger partial charge on any atom is -0.465 e. The lowest BCUT2D eigenvalue weighted by Crippen LogP contribution is -2.30. The number of rotatable bonds is 8. The van der Waals surface area contributed by atoms with Crippen LogP contribution in [-0.4, -0.2) is 29.9 Å². The molecule has 0 heterocycles. The van der Waals surface area contributed by atoms with Gasteiger partial charge in [0.2, 0.25) is 5.91 Å². The molecule has 0 unspecified atom stereocenters. The van der Waals surface area contributed by atoms with Crippen LogP contribution in [0.3, 0.4) is 0 Å². The maximum absolute atomic E-state index is 11.9. The van der Waals surface area contributed by atoms with Crippen molar-refractivity contribution in [3.8, 4) is 0 Å². The molecular weight excluding hydrogens is 316 g/mol. The van der Waals surface area contributed by atoms with Crippen molar-refractivity contribution >= 4 is 17.6 Å². The lowest BCUT2D eigenvalue weighted by molar-refractivity contribution is -0.144. The molecule has 25 heavy (non-hydrogen) atoms. The third kappa shape index (κ3) is 6.77. The number of hydrogen-bond acceptors (Lipinski definition) is 4. The molecule has 0 saturated carbocycles. The van der Waals surface area contributed by atoms with Crippen LogP contribution in [0.1, 0.15) is 25.0 Å². The Morgan fingerprint density at radius 1 is 0.960 bits per heavy atom. The first-order valence-corrected chi connectivity index (χ1v) is 8.35. The maximum atomic E-state index is 11.9. The van der Waals surface area contributed by atoms with Crippen LogP contribution in [0.4, 0.5) is 5.69 Å². The first-order valence-electron chi connectivity index (χ1n) is 8.35. The van der Waals surface area contributed by atoms with Gasteiger partial charge in [0.25, 0.3) is 0 Å². The van der Waals surface area contributed by atoms with Crippen molar-refractivity contribution in [1.29, 1.82) is 0 Å². The highest BCUT2D eigenvalue weighted by Gasteiger charge is 2.13. The van der Waals surface area contributed by atoms with E-state index in [1.807, 2.05) is 59.5 Å². The summed E-state index contributed by atoms with van der Waals surface area (Å²) in [6.07, 6.45) is 0. The molecule has 0 radical (unpaired) electrons. The van der Waals surface area contributed by atoms with Crippen molar-refractivity contribution in [3.63, 3.8) is 0 Å². The number of carbonyl (C=O) groups is 2. The third-order valence-corrected chi connectivity index (χ3v) is 3.59. The Morgan fingerprint density at radius 3 is 2.12 bits per heavy atom. The summed E-state index contributed by atoms with van der Waals surface area (Å²) in [7, 11) is 0. The number of anilines is 1. The van der Waals surface area contributed by atoms with Gasteiger partial charge in [0.1, 0.15) is 0 Å². The Kier molecular flexibility index (Phi) is 7.16. The van der Waals surface area contributed by atoms with E-state index in [-0.39, 0.29) is 18.4 Å². The zero-order valence-electron chi connectivity index (χ0n) is 14.7. The maximum Gasteiger partial charge on any atom is 0.320 e. The number of hydrogen-bond donors (Lipinski definition) is 1. The fourth-order valence-corrected chi connectivity index (χ4v) is 2.55. The predicted molar refractivity (Wildman–Crippen MR) is 97.9 cm³/mol. The van der Waals surface area contributed by atoms with E-state index in [9.17, 15) is 9.59 Å². The molecule has 132 valence electrons.